The minimum Gasteiger partial charge on any atom is -0.488 e. The Morgan fingerprint density at radius 1 is 1.30 bits per heavy atom. The van der Waals surface area contributed by atoms with Crippen molar-refractivity contribution in [3.8, 4) is 11.8 Å². The fraction of sp³-hybridized carbons (Fsp3) is 0.0667. The van der Waals surface area contributed by atoms with Crippen molar-refractivity contribution in [3.63, 3.8) is 0 Å². The molecule has 0 aliphatic heterocycles. The average molecular weight is 268 g/mol. The molecule has 20 heavy (non-hydrogen) atoms. The normalized spacial score (nSPS) is 9.75. The van der Waals surface area contributed by atoms with Gasteiger partial charge in [0, 0.05) is 17.3 Å². The maximum Gasteiger partial charge on any atom is 0.339 e. The fourth-order valence-corrected chi connectivity index (χ4v) is 1.75. The first kappa shape index (κ1) is 13.4. The van der Waals surface area contributed by atoms with Crippen LogP contribution in [0.1, 0.15) is 21.5 Å². The molecule has 5 nitrogen and oxygen atoms in total. The predicted octanol–water partition coefficient (Wildman–Crippen LogP) is 2.42. The van der Waals surface area contributed by atoms with E-state index in [2.05, 4.69) is 6.07 Å². The topological polar surface area (TPSA) is 96.3 Å². The predicted molar refractivity (Wildman–Crippen MR) is 73.3 cm³/mol. The highest BCUT2D eigenvalue weighted by Gasteiger charge is 2.12. The van der Waals surface area contributed by atoms with Crippen molar-refractivity contribution in [2.75, 3.05) is 5.73 Å². The number of carboxylic acid groups (broad SMARTS) is 1. The van der Waals surface area contributed by atoms with Crippen LogP contribution in [0, 0.1) is 11.3 Å². The maximum atomic E-state index is 11.1. The van der Waals surface area contributed by atoms with Crippen LogP contribution in [0.3, 0.4) is 0 Å². The smallest absolute Gasteiger partial charge is 0.339 e. The summed E-state index contributed by atoms with van der Waals surface area (Å²) in [7, 11) is 0. The molecule has 0 unspecified atom stereocenters. The molecule has 0 aliphatic rings. The van der Waals surface area contributed by atoms with E-state index in [4.69, 9.17) is 20.8 Å². The second-order valence-corrected chi connectivity index (χ2v) is 4.12. The summed E-state index contributed by atoms with van der Waals surface area (Å²) in [6.07, 6.45) is 0. The number of hydrogen-bond donors (Lipinski definition) is 2. The monoisotopic (exact) mass is 268 g/mol. The molecule has 0 fully saturated rings. The Kier molecular flexibility index (Phi) is 3.87. The lowest BCUT2D eigenvalue weighted by Gasteiger charge is -2.10. The van der Waals surface area contributed by atoms with E-state index in [-0.39, 0.29) is 17.9 Å². The van der Waals surface area contributed by atoms with Crippen LogP contribution in [0.5, 0.6) is 5.75 Å². The van der Waals surface area contributed by atoms with E-state index >= 15 is 0 Å². The zero-order valence-corrected chi connectivity index (χ0v) is 10.5. The number of carbonyl (C=O) groups is 1. The molecule has 0 spiro atoms. The van der Waals surface area contributed by atoms with Crippen molar-refractivity contribution >= 4 is 11.7 Å². The summed E-state index contributed by atoms with van der Waals surface area (Å²) in [5, 5.41) is 18.1. The van der Waals surface area contributed by atoms with E-state index in [1.54, 1.807) is 24.3 Å². The minimum absolute atomic E-state index is 0.0358. The number of benzene rings is 2. The molecule has 3 N–H and O–H groups in total. The van der Waals surface area contributed by atoms with E-state index in [0.717, 1.165) is 0 Å². The van der Waals surface area contributed by atoms with Gasteiger partial charge < -0.3 is 15.6 Å². The van der Waals surface area contributed by atoms with E-state index in [9.17, 15) is 4.79 Å². The largest absolute Gasteiger partial charge is 0.488 e. The summed E-state index contributed by atoms with van der Waals surface area (Å²) in [5.41, 5.74) is 7.26. The molecule has 0 atom stereocenters. The number of nitrogens with two attached hydrogens (primary N) is 1. The third-order valence-electron chi connectivity index (χ3n) is 2.76. The van der Waals surface area contributed by atoms with E-state index in [1.165, 1.54) is 18.2 Å². The zero-order valence-electron chi connectivity index (χ0n) is 10.5. The van der Waals surface area contributed by atoms with Gasteiger partial charge in [-0.25, -0.2) is 4.79 Å². The molecular weight excluding hydrogens is 256 g/mol. The number of rotatable bonds is 4. The van der Waals surface area contributed by atoms with Crippen LogP contribution in [0.4, 0.5) is 5.69 Å². The van der Waals surface area contributed by atoms with Gasteiger partial charge >= 0.3 is 5.97 Å². The Bertz CT molecular complexity index is 690. The first-order valence-electron chi connectivity index (χ1n) is 5.85. The van der Waals surface area contributed by atoms with Crippen LogP contribution < -0.4 is 10.5 Å². The second-order valence-electron chi connectivity index (χ2n) is 4.12. The third kappa shape index (κ3) is 2.87. The standard InChI is InChI=1S/C15H12N2O3/c16-8-10-3-1-2-4-11(10)9-20-14-7-12(17)5-6-13(14)15(18)19/h1-7H,9,17H2,(H,18,19). The Morgan fingerprint density at radius 3 is 2.75 bits per heavy atom. The van der Waals surface area contributed by atoms with Crippen LogP contribution in [0.2, 0.25) is 0 Å². The average Bonchev–Trinajstić information content (AvgIpc) is 2.45. The molecule has 0 saturated heterocycles. The van der Waals surface area contributed by atoms with Gasteiger partial charge in [-0.3, -0.25) is 0 Å². The quantitative estimate of drug-likeness (QED) is 0.830. The van der Waals surface area contributed by atoms with E-state index < -0.39 is 5.97 Å². The highest BCUT2D eigenvalue weighted by molar-refractivity contribution is 5.91. The van der Waals surface area contributed by atoms with Crippen molar-refractivity contribution < 1.29 is 14.6 Å². The summed E-state index contributed by atoms with van der Waals surface area (Å²) in [4.78, 5) is 11.1. The second kappa shape index (κ2) is 5.76. The van der Waals surface area contributed by atoms with Gasteiger partial charge in [-0.1, -0.05) is 18.2 Å². The van der Waals surface area contributed by atoms with Crippen LogP contribution in [-0.4, -0.2) is 11.1 Å². The molecule has 100 valence electrons. The molecular formula is C15H12N2O3. The molecule has 0 aromatic heterocycles. The summed E-state index contributed by atoms with van der Waals surface area (Å²) >= 11 is 0. The molecule has 2 aromatic rings. The molecule has 0 saturated carbocycles. The molecule has 0 heterocycles. The number of carboxylic acids is 1. The number of anilines is 1. The number of ether oxygens (including phenoxy) is 1. The van der Waals surface area contributed by atoms with Crippen LogP contribution in [0.25, 0.3) is 0 Å². The highest BCUT2D eigenvalue weighted by atomic mass is 16.5. The molecule has 2 rings (SSSR count). The van der Waals surface area contributed by atoms with Crippen LogP contribution >= 0.6 is 0 Å². The van der Waals surface area contributed by atoms with Gasteiger partial charge in [0.25, 0.3) is 0 Å². The fourth-order valence-electron chi connectivity index (χ4n) is 1.75. The van der Waals surface area contributed by atoms with Crippen molar-refractivity contribution in [3.05, 3.63) is 59.2 Å². The summed E-state index contributed by atoms with van der Waals surface area (Å²) in [5.74, 6) is -0.904. The first-order valence-corrected chi connectivity index (χ1v) is 5.85. The van der Waals surface area contributed by atoms with Gasteiger partial charge in [-0.2, -0.15) is 5.26 Å². The van der Waals surface area contributed by atoms with Gasteiger partial charge in [0.1, 0.15) is 17.9 Å². The van der Waals surface area contributed by atoms with Crippen molar-refractivity contribution in [1.29, 1.82) is 5.26 Å². The number of nitrogens with zero attached hydrogens (tertiary/aromatic N) is 1. The molecule has 0 bridgehead atoms. The molecule has 0 radical (unpaired) electrons. The lowest BCUT2D eigenvalue weighted by Crippen LogP contribution is -2.05. The maximum absolute atomic E-state index is 11.1. The Hall–Kier alpha value is -3.00. The Balaban J connectivity index is 2.25. The van der Waals surface area contributed by atoms with Crippen LogP contribution in [0.15, 0.2) is 42.5 Å². The van der Waals surface area contributed by atoms with Crippen molar-refractivity contribution in [1.82, 2.24) is 0 Å². The molecule has 5 heteroatoms. The Labute approximate surface area is 115 Å². The summed E-state index contributed by atoms with van der Waals surface area (Å²) in [6.45, 7) is 0.105. The highest BCUT2D eigenvalue weighted by Crippen LogP contribution is 2.23. The lowest BCUT2D eigenvalue weighted by molar-refractivity contribution is 0.0692. The van der Waals surface area contributed by atoms with Gasteiger partial charge in [-0.15, -0.1) is 0 Å². The van der Waals surface area contributed by atoms with Gasteiger partial charge in [0.2, 0.25) is 0 Å². The number of aromatic carboxylic acids is 1. The SMILES string of the molecule is N#Cc1ccccc1COc1cc(N)ccc1C(=O)O. The van der Waals surface area contributed by atoms with Crippen molar-refractivity contribution in [2.24, 2.45) is 0 Å². The Morgan fingerprint density at radius 2 is 2.05 bits per heavy atom. The summed E-state index contributed by atoms with van der Waals surface area (Å²) < 4.78 is 5.50. The van der Waals surface area contributed by atoms with Crippen molar-refractivity contribution in [2.45, 2.75) is 6.61 Å². The van der Waals surface area contributed by atoms with E-state index in [1.807, 2.05) is 0 Å². The molecule has 0 amide bonds. The number of nitrogen functional groups attached to an aromatic ring is 1. The number of nitriles is 1. The summed E-state index contributed by atoms with van der Waals surface area (Å²) in [6, 6.07) is 13.4. The minimum atomic E-state index is -1.09. The molecule has 2 aromatic carbocycles. The zero-order chi connectivity index (χ0) is 14.5. The van der Waals surface area contributed by atoms with Crippen LogP contribution in [-0.2, 0) is 6.61 Å². The first-order chi connectivity index (χ1) is 9.61. The third-order valence-corrected chi connectivity index (χ3v) is 2.76. The van der Waals surface area contributed by atoms with Gasteiger partial charge in [-0.05, 0) is 18.2 Å². The molecule has 0 aliphatic carbocycles. The van der Waals surface area contributed by atoms with Gasteiger partial charge in [0.05, 0.1) is 11.6 Å². The van der Waals surface area contributed by atoms with E-state index in [0.29, 0.717) is 16.8 Å². The number of hydrogen-bond acceptors (Lipinski definition) is 4. The lowest BCUT2D eigenvalue weighted by atomic mass is 10.1. The van der Waals surface area contributed by atoms with Gasteiger partial charge in [0.15, 0.2) is 0 Å².